The van der Waals surface area contributed by atoms with Gasteiger partial charge in [0.25, 0.3) is 0 Å². The van der Waals surface area contributed by atoms with Crippen molar-refractivity contribution in [2.24, 2.45) is 5.73 Å². The van der Waals surface area contributed by atoms with Crippen LogP contribution in [0.1, 0.15) is 43.1 Å². The molecule has 0 saturated heterocycles. The molecule has 0 aliphatic heterocycles. The Balaban J connectivity index is 2.75. The van der Waals surface area contributed by atoms with Crippen LogP contribution in [0.15, 0.2) is 24.3 Å². The van der Waals surface area contributed by atoms with Crippen LogP contribution in [-0.4, -0.2) is 11.3 Å². The van der Waals surface area contributed by atoms with Gasteiger partial charge in [0.05, 0.1) is 0 Å². The molecule has 15 heavy (non-hydrogen) atoms. The van der Waals surface area contributed by atoms with E-state index in [0.29, 0.717) is 6.42 Å². The number of Topliss-reactive ketones (excluding diaryl/α,β-unsaturated/α-hetero) is 1. The van der Waals surface area contributed by atoms with Gasteiger partial charge in [-0.2, -0.15) is 0 Å². The molecule has 0 aliphatic rings. The molecule has 0 aliphatic carbocycles. The highest BCUT2D eigenvalue weighted by Crippen LogP contribution is 2.12. The van der Waals surface area contributed by atoms with E-state index in [2.05, 4.69) is 6.92 Å². The van der Waals surface area contributed by atoms with Crippen LogP contribution in [0.2, 0.25) is 0 Å². The van der Waals surface area contributed by atoms with E-state index < -0.39 is 5.54 Å². The van der Waals surface area contributed by atoms with E-state index in [1.165, 1.54) is 5.56 Å². The lowest BCUT2D eigenvalue weighted by Crippen LogP contribution is -2.34. The van der Waals surface area contributed by atoms with Crippen LogP contribution < -0.4 is 5.73 Å². The minimum atomic E-state index is -0.430. The van der Waals surface area contributed by atoms with E-state index in [0.717, 1.165) is 12.0 Å². The van der Waals surface area contributed by atoms with Gasteiger partial charge in [-0.15, -0.1) is 0 Å². The number of nitrogens with two attached hydrogens (primary N) is 1. The van der Waals surface area contributed by atoms with E-state index in [-0.39, 0.29) is 5.78 Å². The van der Waals surface area contributed by atoms with E-state index in [1.807, 2.05) is 38.1 Å². The molecule has 0 spiro atoms. The van der Waals surface area contributed by atoms with Gasteiger partial charge in [-0.25, -0.2) is 0 Å². The highest BCUT2D eigenvalue weighted by atomic mass is 16.1. The molecule has 1 aromatic rings. The molecule has 0 radical (unpaired) electrons. The fourth-order valence-corrected chi connectivity index (χ4v) is 1.44. The Hall–Kier alpha value is -1.15. The Labute approximate surface area is 91.5 Å². The van der Waals surface area contributed by atoms with Gasteiger partial charge in [-0.05, 0) is 25.8 Å². The van der Waals surface area contributed by atoms with Gasteiger partial charge in [0, 0.05) is 17.5 Å². The van der Waals surface area contributed by atoms with Crippen molar-refractivity contribution in [3.05, 3.63) is 35.4 Å². The van der Waals surface area contributed by atoms with Crippen LogP contribution in [0.25, 0.3) is 0 Å². The quantitative estimate of drug-likeness (QED) is 0.768. The second kappa shape index (κ2) is 4.58. The maximum Gasteiger partial charge on any atom is 0.164 e. The normalized spacial score (nSPS) is 11.5. The highest BCUT2D eigenvalue weighted by molar-refractivity contribution is 5.96. The Morgan fingerprint density at radius 2 is 1.80 bits per heavy atom. The largest absolute Gasteiger partial charge is 0.325 e. The molecule has 0 saturated carbocycles. The summed E-state index contributed by atoms with van der Waals surface area (Å²) in [5.74, 6) is 0.116. The zero-order valence-electron chi connectivity index (χ0n) is 9.71. The number of carbonyl (C=O) groups is 1. The first-order valence-corrected chi connectivity index (χ1v) is 5.33. The van der Waals surface area contributed by atoms with Crippen LogP contribution in [0.4, 0.5) is 0 Å². The summed E-state index contributed by atoms with van der Waals surface area (Å²) in [6.45, 7) is 5.83. The third-order valence-corrected chi connectivity index (χ3v) is 2.30. The number of hydrogen-bond donors (Lipinski definition) is 1. The minimum absolute atomic E-state index is 0.116. The van der Waals surface area contributed by atoms with E-state index in [9.17, 15) is 4.79 Å². The maximum absolute atomic E-state index is 11.8. The first-order valence-electron chi connectivity index (χ1n) is 5.33. The van der Waals surface area contributed by atoms with Gasteiger partial charge in [0.15, 0.2) is 5.78 Å². The zero-order chi connectivity index (χ0) is 11.5. The van der Waals surface area contributed by atoms with Crippen LogP contribution in [-0.2, 0) is 6.42 Å². The Bertz CT molecular complexity index is 333. The molecular weight excluding hydrogens is 186 g/mol. The van der Waals surface area contributed by atoms with Crippen molar-refractivity contribution in [2.45, 2.75) is 39.2 Å². The van der Waals surface area contributed by atoms with Crippen LogP contribution >= 0.6 is 0 Å². The summed E-state index contributed by atoms with van der Waals surface area (Å²) in [5, 5.41) is 0. The molecule has 0 heterocycles. The van der Waals surface area contributed by atoms with Crippen molar-refractivity contribution in [1.82, 2.24) is 0 Å². The number of aryl methyl sites for hydroxylation is 1. The SMILES string of the molecule is CCc1ccc(C(=O)CC(C)(C)N)cc1. The molecule has 0 unspecified atom stereocenters. The fraction of sp³-hybridized carbons (Fsp3) is 0.462. The van der Waals surface area contributed by atoms with E-state index in [4.69, 9.17) is 5.73 Å². The van der Waals surface area contributed by atoms with Crippen molar-refractivity contribution in [1.29, 1.82) is 0 Å². The first-order chi connectivity index (χ1) is 6.92. The monoisotopic (exact) mass is 205 g/mol. The smallest absolute Gasteiger partial charge is 0.164 e. The number of benzene rings is 1. The fourth-order valence-electron chi connectivity index (χ4n) is 1.44. The molecule has 1 rings (SSSR count). The lowest BCUT2D eigenvalue weighted by molar-refractivity contribution is 0.0960. The molecule has 2 nitrogen and oxygen atoms in total. The van der Waals surface area contributed by atoms with Crippen LogP contribution in [0, 0.1) is 0 Å². The average Bonchev–Trinajstić information content (AvgIpc) is 2.15. The molecule has 0 atom stereocenters. The van der Waals surface area contributed by atoms with Crippen molar-refractivity contribution in [3.63, 3.8) is 0 Å². The molecule has 2 heteroatoms. The van der Waals surface area contributed by atoms with Crippen LogP contribution in [0.5, 0.6) is 0 Å². The topological polar surface area (TPSA) is 43.1 Å². The number of carbonyl (C=O) groups excluding carboxylic acids is 1. The van der Waals surface area contributed by atoms with Gasteiger partial charge in [-0.1, -0.05) is 31.2 Å². The number of hydrogen-bond acceptors (Lipinski definition) is 2. The Kier molecular flexibility index (Phi) is 3.64. The third-order valence-electron chi connectivity index (χ3n) is 2.30. The standard InChI is InChI=1S/C13H19NO/c1-4-10-5-7-11(8-6-10)12(15)9-13(2,3)14/h5-8H,4,9,14H2,1-3H3. The zero-order valence-corrected chi connectivity index (χ0v) is 9.71. The van der Waals surface area contributed by atoms with E-state index >= 15 is 0 Å². The first kappa shape index (κ1) is 11.9. The van der Waals surface area contributed by atoms with Crippen molar-refractivity contribution < 1.29 is 4.79 Å². The second-order valence-electron chi connectivity index (χ2n) is 4.64. The summed E-state index contributed by atoms with van der Waals surface area (Å²) in [6, 6.07) is 7.76. The third kappa shape index (κ3) is 3.84. The predicted octanol–water partition coefficient (Wildman–Crippen LogP) is 2.56. The lowest BCUT2D eigenvalue weighted by Gasteiger charge is -2.17. The number of ketones is 1. The molecular formula is C13H19NO. The van der Waals surface area contributed by atoms with Gasteiger partial charge >= 0.3 is 0 Å². The van der Waals surface area contributed by atoms with Crippen molar-refractivity contribution >= 4 is 5.78 Å². The molecule has 82 valence electrons. The van der Waals surface area contributed by atoms with Gasteiger partial charge in [-0.3, -0.25) is 4.79 Å². The Morgan fingerprint density at radius 1 is 1.27 bits per heavy atom. The average molecular weight is 205 g/mol. The van der Waals surface area contributed by atoms with E-state index in [1.54, 1.807) is 0 Å². The summed E-state index contributed by atoms with van der Waals surface area (Å²) in [6.07, 6.45) is 1.38. The lowest BCUT2D eigenvalue weighted by atomic mass is 9.95. The van der Waals surface area contributed by atoms with Crippen molar-refractivity contribution in [2.75, 3.05) is 0 Å². The molecule has 2 N–H and O–H groups in total. The molecule has 0 amide bonds. The molecule has 0 aromatic heterocycles. The summed E-state index contributed by atoms with van der Waals surface area (Å²) in [4.78, 5) is 11.8. The van der Waals surface area contributed by atoms with Gasteiger partial charge < -0.3 is 5.73 Å². The van der Waals surface area contributed by atoms with Gasteiger partial charge in [0.2, 0.25) is 0 Å². The van der Waals surface area contributed by atoms with Crippen molar-refractivity contribution in [3.8, 4) is 0 Å². The molecule has 0 bridgehead atoms. The summed E-state index contributed by atoms with van der Waals surface area (Å²) in [7, 11) is 0. The maximum atomic E-state index is 11.8. The Morgan fingerprint density at radius 3 is 2.20 bits per heavy atom. The minimum Gasteiger partial charge on any atom is -0.325 e. The summed E-state index contributed by atoms with van der Waals surface area (Å²) in [5.41, 5.74) is 7.38. The predicted molar refractivity (Wildman–Crippen MR) is 63.0 cm³/mol. The van der Waals surface area contributed by atoms with Gasteiger partial charge in [0.1, 0.15) is 0 Å². The summed E-state index contributed by atoms with van der Waals surface area (Å²) >= 11 is 0. The molecule has 1 aromatic carbocycles. The highest BCUT2D eigenvalue weighted by Gasteiger charge is 2.17. The van der Waals surface area contributed by atoms with Crippen LogP contribution in [0.3, 0.4) is 0 Å². The second-order valence-corrected chi connectivity index (χ2v) is 4.64. The molecule has 0 fully saturated rings. The number of rotatable bonds is 4. The summed E-state index contributed by atoms with van der Waals surface area (Å²) < 4.78 is 0.